The highest BCUT2D eigenvalue weighted by molar-refractivity contribution is 5.91. The van der Waals surface area contributed by atoms with Crippen LogP contribution in [0.4, 0.5) is 0 Å². The quantitative estimate of drug-likeness (QED) is 0.503. The molecule has 1 amide bonds. The number of nitrogens with zero attached hydrogens (tertiary/aromatic N) is 2. The first-order valence-corrected chi connectivity index (χ1v) is 8.82. The van der Waals surface area contributed by atoms with E-state index < -0.39 is 17.8 Å². The van der Waals surface area contributed by atoms with Crippen LogP contribution in [0.1, 0.15) is 6.04 Å². The van der Waals surface area contributed by atoms with Gasteiger partial charge in [-0.3, -0.25) is 14.2 Å². The van der Waals surface area contributed by atoms with Crippen LogP contribution in [0.2, 0.25) is 0 Å². The summed E-state index contributed by atoms with van der Waals surface area (Å²) in [6.07, 6.45) is 0. The van der Waals surface area contributed by atoms with Crippen molar-refractivity contribution in [3.63, 3.8) is 0 Å². The van der Waals surface area contributed by atoms with Gasteiger partial charge < -0.3 is 14.1 Å². The third kappa shape index (κ3) is 3.00. The topological polar surface area (TPSA) is 81.8 Å². The van der Waals surface area contributed by atoms with Crippen molar-refractivity contribution in [2.24, 2.45) is 0 Å². The molecule has 3 aromatic rings. The minimum atomic E-state index is -0.714. The molecule has 4 rings (SSSR count). The summed E-state index contributed by atoms with van der Waals surface area (Å²) in [6, 6.07) is 17.9. The number of aromatic nitrogens is 1. The molecule has 142 valence electrons. The molecule has 0 bridgehead atoms. The van der Waals surface area contributed by atoms with Gasteiger partial charge in [-0.05, 0) is 0 Å². The fraction of sp³-hybridized carbons (Fsp3) is 0.190. The van der Waals surface area contributed by atoms with Crippen LogP contribution in [0.25, 0.3) is 22.6 Å². The van der Waals surface area contributed by atoms with Crippen molar-refractivity contribution in [3.05, 3.63) is 71.2 Å². The van der Waals surface area contributed by atoms with Crippen molar-refractivity contribution in [1.29, 1.82) is 0 Å². The SMILES string of the molecule is COC(=O)CN1C[C@@H](n2c(-c3ccccc3)c(-c3ccccc3)oc2=O)C1=O. The van der Waals surface area contributed by atoms with Gasteiger partial charge in [0.2, 0.25) is 5.91 Å². The van der Waals surface area contributed by atoms with Gasteiger partial charge in [-0.1, -0.05) is 60.7 Å². The number of amides is 1. The average Bonchev–Trinajstić information content (AvgIpc) is 3.08. The van der Waals surface area contributed by atoms with Gasteiger partial charge in [-0.25, -0.2) is 4.79 Å². The Bertz CT molecular complexity index is 1070. The van der Waals surface area contributed by atoms with Crippen LogP contribution in [0.3, 0.4) is 0 Å². The number of rotatable bonds is 5. The maximum absolute atomic E-state index is 12.7. The fourth-order valence-electron chi connectivity index (χ4n) is 3.35. The maximum Gasteiger partial charge on any atom is 0.420 e. The summed E-state index contributed by atoms with van der Waals surface area (Å²) in [5, 5.41) is 0. The van der Waals surface area contributed by atoms with Gasteiger partial charge in [0.25, 0.3) is 0 Å². The standard InChI is InChI=1S/C21H18N2O5/c1-27-17(24)13-22-12-16(20(22)25)23-18(14-8-4-2-5-9-14)19(28-21(23)26)15-10-6-3-7-11-15/h2-11,16H,12-13H2,1H3/t16-/m1/s1. The zero-order valence-electron chi connectivity index (χ0n) is 15.2. The minimum absolute atomic E-state index is 0.134. The van der Waals surface area contributed by atoms with Crippen molar-refractivity contribution >= 4 is 11.9 Å². The largest absolute Gasteiger partial charge is 0.468 e. The second-order valence-electron chi connectivity index (χ2n) is 6.46. The number of ether oxygens (including phenoxy) is 1. The van der Waals surface area contributed by atoms with E-state index in [1.807, 2.05) is 60.7 Å². The Morgan fingerprint density at radius 2 is 1.64 bits per heavy atom. The molecule has 7 heteroatoms. The number of methoxy groups -OCH3 is 1. The lowest BCUT2D eigenvalue weighted by Gasteiger charge is -2.38. The predicted molar refractivity (Wildman–Crippen MR) is 101 cm³/mol. The van der Waals surface area contributed by atoms with Crippen LogP contribution in [-0.2, 0) is 14.3 Å². The molecule has 1 aliphatic rings. The molecular weight excluding hydrogens is 360 g/mol. The summed E-state index contributed by atoms with van der Waals surface area (Å²) in [4.78, 5) is 38.1. The van der Waals surface area contributed by atoms with Crippen LogP contribution in [0.5, 0.6) is 0 Å². The first-order valence-electron chi connectivity index (χ1n) is 8.82. The van der Waals surface area contributed by atoms with E-state index >= 15 is 0 Å². The van der Waals surface area contributed by atoms with Crippen LogP contribution in [-0.4, -0.2) is 41.5 Å². The lowest BCUT2D eigenvalue weighted by molar-refractivity contribution is -0.155. The van der Waals surface area contributed by atoms with E-state index in [-0.39, 0.29) is 19.0 Å². The molecule has 7 nitrogen and oxygen atoms in total. The van der Waals surface area contributed by atoms with Crippen LogP contribution < -0.4 is 5.76 Å². The second-order valence-corrected chi connectivity index (χ2v) is 6.46. The van der Waals surface area contributed by atoms with Crippen LogP contribution in [0, 0.1) is 0 Å². The molecule has 28 heavy (non-hydrogen) atoms. The van der Waals surface area contributed by atoms with Crippen molar-refractivity contribution in [2.45, 2.75) is 6.04 Å². The molecule has 0 N–H and O–H groups in total. The number of carbonyl (C=O) groups is 2. The van der Waals surface area contributed by atoms with Crippen LogP contribution >= 0.6 is 0 Å². The number of carbonyl (C=O) groups excluding carboxylic acids is 2. The summed E-state index contributed by atoms with van der Waals surface area (Å²) < 4.78 is 11.6. The highest BCUT2D eigenvalue weighted by Gasteiger charge is 2.42. The molecule has 0 unspecified atom stereocenters. The molecule has 1 atom stereocenters. The van der Waals surface area contributed by atoms with E-state index in [9.17, 15) is 14.4 Å². The average molecular weight is 378 g/mol. The molecule has 1 aromatic heterocycles. The van der Waals surface area contributed by atoms with Crippen molar-refractivity contribution in [3.8, 4) is 22.6 Å². The summed E-state index contributed by atoms with van der Waals surface area (Å²) in [5.41, 5.74) is 2.06. The molecule has 0 saturated carbocycles. The smallest absolute Gasteiger partial charge is 0.420 e. The predicted octanol–water partition coefficient (Wildman–Crippen LogP) is 2.33. The molecule has 0 aliphatic carbocycles. The van der Waals surface area contributed by atoms with Crippen molar-refractivity contribution in [1.82, 2.24) is 9.47 Å². The minimum Gasteiger partial charge on any atom is -0.468 e. The maximum atomic E-state index is 12.7. The number of hydrogen-bond acceptors (Lipinski definition) is 5. The number of oxazole rings is 1. The Labute approximate surface area is 160 Å². The van der Waals surface area contributed by atoms with Crippen molar-refractivity contribution < 1.29 is 18.7 Å². The van der Waals surface area contributed by atoms with Gasteiger partial charge in [0.05, 0.1) is 19.3 Å². The second kappa shape index (κ2) is 7.19. The normalized spacial score (nSPS) is 16.0. The van der Waals surface area contributed by atoms with Crippen molar-refractivity contribution in [2.75, 3.05) is 20.2 Å². The van der Waals surface area contributed by atoms with E-state index in [0.717, 1.165) is 11.1 Å². The van der Waals surface area contributed by atoms with Gasteiger partial charge >= 0.3 is 11.7 Å². The third-order valence-corrected chi connectivity index (χ3v) is 4.77. The monoisotopic (exact) mass is 378 g/mol. The Morgan fingerprint density at radius 3 is 2.21 bits per heavy atom. The molecule has 0 spiro atoms. The van der Waals surface area contributed by atoms with Gasteiger partial charge in [-0.2, -0.15) is 0 Å². The van der Waals surface area contributed by atoms with E-state index in [2.05, 4.69) is 4.74 Å². The Balaban J connectivity index is 1.79. The van der Waals surface area contributed by atoms with Gasteiger partial charge in [-0.15, -0.1) is 0 Å². The van der Waals surface area contributed by atoms with Crippen LogP contribution in [0.15, 0.2) is 69.9 Å². The highest BCUT2D eigenvalue weighted by atomic mass is 16.5. The fourth-order valence-corrected chi connectivity index (χ4v) is 3.35. The number of benzene rings is 2. The van der Waals surface area contributed by atoms with E-state index in [0.29, 0.717) is 11.5 Å². The summed E-state index contributed by atoms with van der Waals surface area (Å²) in [7, 11) is 1.27. The summed E-state index contributed by atoms with van der Waals surface area (Å²) >= 11 is 0. The number of β-lactam (4-membered cyclic amide) rings is 1. The molecule has 0 radical (unpaired) electrons. The number of hydrogen-bond donors (Lipinski definition) is 0. The van der Waals surface area contributed by atoms with E-state index in [1.165, 1.54) is 16.6 Å². The van der Waals surface area contributed by atoms with E-state index in [4.69, 9.17) is 4.42 Å². The Kier molecular flexibility index (Phi) is 4.57. The Hall–Kier alpha value is -3.61. The van der Waals surface area contributed by atoms with E-state index in [1.54, 1.807) is 0 Å². The summed E-state index contributed by atoms with van der Waals surface area (Å²) in [6.45, 7) is 0.103. The molecule has 1 saturated heterocycles. The first-order chi connectivity index (χ1) is 13.6. The molecular formula is C21H18N2O5. The molecule has 1 aliphatic heterocycles. The lowest BCUT2D eigenvalue weighted by atomic mass is 10.0. The number of esters is 1. The zero-order valence-corrected chi connectivity index (χ0v) is 15.2. The summed E-state index contributed by atoms with van der Waals surface area (Å²) in [5.74, 6) is -1.01. The third-order valence-electron chi connectivity index (χ3n) is 4.77. The molecule has 2 heterocycles. The first kappa shape index (κ1) is 17.8. The molecule has 2 aromatic carbocycles. The lowest BCUT2D eigenvalue weighted by Crippen LogP contribution is -2.56. The zero-order chi connectivity index (χ0) is 19.7. The van der Waals surface area contributed by atoms with Gasteiger partial charge in [0.15, 0.2) is 5.76 Å². The van der Waals surface area contributed by atoms with Gasteiger partial charge in [0.1, 0.15) is 12.6 Å². The molecule has 1 fully saturated rings. The number of likely N-dealkylation sites (tertiary alicyclic amines) is 1. The van der Waals surface area contributed by atoms with Gasteiger partial charge in [0, 0.05) is 11.1 Å². The Morgan fingerprint density at radius 1 is 1.04 bits per heavy atom. The highest BCUT2D eigenvalue weighted by Crippen LogP contribution is 2.35.